The summed E-state index contributed by atoms with van der Waals surface area (Å²) in [5.41, 5.74) is 0.978. The smallest absolute Gasteiger partial charge is 0.318 e. The molecule has 1 aliphatic heterocycles. The van der Waals surface area contributed by atoms with Gasteiger partial charge in [0.15, 0.2) is 0 Å². The molecule has 2 amide bonds. The zero-order valence-electron chi connectivity index (χ0n) is 13.3. The van der Waals surface area contributed by atoms with Crippen molar-refractivity contribution in [2.75, 3.05) is 13.2 Å². The predicted octanol–water partition coefficient (Wildman–Crippen LogP) is 3.00. The Bertz CT molecular complexity index is 629. The molecule has 0 bridgehead atoms. The summed E-state index contributed by atoms with van der Waals surface area (Å²) in [6, 6.07) is 5.76. The first kappa shape index (κ1) is 17.1. The van der Waals surface area contributed by atoms with Crippen molar-refractivity contribution in [3.05, 3.63) is 28.2 Å². The number of carboxylic acid groups (broad SMARTS) is 1. The Kier molecular flexibility index (Phi) is 5.28. The van der Waals surface area contributed by atoms with Gasteiger partial charge >= 0.3 is 12.0 Å². The number of hydrogen-bond donors (Lipinski definition) is 2. The number of nitrogens with one attached hydrogen (secondary N) is 1. The number of amides is 2. The van der Waals surface area contributed by atoms with E-state index >= 15 is 0 Å². The lowest BCUT2D eigenvalue weighted by Crippen LogP contribution is -2.46. The minimum atomic E-state index is -0.730. The van der Waals surface area contributed by atoms with E-state index in [-0.39, 0.29) is 18.0 Å². The summed E-state index contributed by atoms with van der Waals surface area (Å²) in [6.45, 7) is 1.50. The molecule has 6 nitrogen and oxygen atoms in total. The van der Waals surface area contributed by atoms with Gasteiger partial charge in [-0.05, 0) is 43.9 Å². The Balaban J connectivity index is 1.58. The van der Waals surface area contributed by atoms with E-state index in [1.807, 2.05) is 18.2 Å². The third kappa shape index (κ3) is 4.01. The van der Waals surface area contributed by atoms with Crippen LogP contribution in [0.4, 0.5) is 4.79 Å². The first-order valence-corrected chi connectivity index (χ1v) is 9.01. The third-order valence-corrected chi connectivity index (χ3v) is 5.19. The summed E-state index contributed by atoms with van der Waals surface area (Å²) in [4.78, 5) is 25.3. The van der Waals surface area contributed by atoms with E-state index < -0.39 is 5.97 Å². The molecule has 24 heavy (non-hydrogen) atoms. The van der Waals surface area contributed by atoms with Crippen LogP contribution in [0.3, 0.4) is 0 Å². The largest absolute Gasteiger partial charge is 0.491 e. The second-order valence-corrected chi connectivity index (χ2v) is 7.27. The lowest BCUT2D eigenvalue weighted by molar-refractivity contribution is -0.142. The Labute approximate surface area is 149 Å². The molecule has 0 atom stereocenters. The van der Waals surface area contributed by atoms with E-state index in [2.05, 4.69) is 21.2 Å². The number of ether oxygens (including phenoxy) is 1. The molecule has 1 fully saturated rings. The number of benzene rings is 1. The molecule has 3 rings (SSSR count). The topological polar surface area (TPSA) is 78.9 Å². The summed E-state index contributed by atoms with van der Waals surface area (Å²) in [6.07, 6.45) is 2.68. The number of hydrogen-bond acceptors (Lipinski definition) is 3. The van der Waals surface area contributed by atoms with Gasteiger partial charge in [-0.2, -0.15) is 0 Å². The van der Waals surface area contributed by atoms with Gasteiger partial charge in [0.2, 0.25) is 0 Å². The van der Waals surface area contributed by atoms with Crippen molar-refractivity contribution in [3.8, 4) is 5.75 Å². The number of aliphatic carboxylic acids is 1. The van der Waals surface area contributed by atoms with Crippen molar-refractivity contribution in [1.29, 1.82) is 0 Å². The van der Waals surface area contributed by atoms with E-state index in [0.717, 1.165) is 28.6 Å². The van der Waals surface area contributed by atoms with E-state index in [1.54, 1.807) is 4.90 Å². The molecule has 130 valence electrons. The molecule has 2 N–H and O–H groups in total. The van der Waals surface area contributed by atoms with Crippen LogP contribution < -0.4 is 10.1 Å². The van der Waals surface area contributed by atoms with Crippen LogP contribution >= 0.6 is 15.9 Å². The van der Waals surface area contributed by atoms with Gasteiger partial charge in [0.05, 0.1) is 19.0 Å². The summed E-state index contributed by atoms with van der Waals surface area (Å²) in [5, 5.41) is 12.1. The molecule has 1 aromatic rings. The van der Waals surface area contributed by atoms with Gasteiger partial charge in [-0.1, -0.05) is 15.9 Å². The minimum Gasteiger partial charge on any atom is -0.491 e. The van der Waals surface area contributed by atoms with Crippen LogP contribution in [0, 0.1) is 5.92 Å². The Hall–Kier alpha value is -1.76. The average Bonchev–Trinajstić information content (AvgIpc) is 2.77. The zero-order chi connectivity index (χ0) is 17.1. The Morgan fingerprint density at radius 1 is 1.25 bits per heavy atom. The minimum absolute atomic E-state index is 0.0549. The number of carbonyl (C=O) groups excluding carboxylic acids is 1. The lowest BCUT2D eigenvalue weighted by atomic mass is 9.86. The summed E-state index contributed by atoms with van der Waals surface area (Å²) in [7, 11) is 0. The highest BCUT2D eigenvalue weighted by molar-refractivity contribution is 9.10. The molecule has 1 aromatic carbocycles. The molecule has 0 radical (unpaired) electrons. The SMILES string of the molecule is O=C(O)C1CCC(NC(=O)N2CCOc3ccc(Br)cc3C2)CC1. The van der Waals surface area contributed by atoms with Crippen LogP contribution in [0.1, 0.15) is 31.2 Å². The zero-order valence-corrected chi connectivity index (χ0v) is 14.9. The van der Waals surface area contributed by atoms with Gasteiger partial charge in [0.25, 0.3) is 0 Å². The number of urea groups is 1. The molecule has 1 heterocycles. The normalized spacial score (nSPS) is 23.6. The third-order valence-electron chi connectivity index (χ3n) is 4.69. The number of fused-ring (bicyclic) bond motifs is 1. The summed E-state index contributed by atoms with van der Waals surface area (Å²) in [5.74, 6) is -0.184. The molecule has 0 aromatic heterocycles. The van der Waals surface area contributed by atoms with Crippen molar-refractivity contribution in [1.82, 2.24) is 10.2 Å². The van der Waals surface area contributed by atoms with Crippen LogP contribution in [0.15, 0.2) is 22.7 Å². The maximum atomic E-state index is 12.6. The van der Waals surface area contributed by atoms with Gasteiger partial charge in [-0.15, -0.1) is 0 Å². The van der Waals surface area contributed by atoms with Crippen molar-refractivity contribution in [2.24, 2.45) is 5.92 Å². The first-order chi connectivity index (χ1) is 11.5. The monoisotopic (exact) mass is 396 g/mol. The Morgan fingerprint density at radius 3 is 2.71 bits per heavy atom. The fourth-order valence-electron chi connectivity index (χ4n) is 3.29. The lowest BCUT2D eigenvalue weighted by Gasteiger charge is -2.29. The molecule has 1 saturated carbocycles. The van der Waals surface area contributed by atoms with Gasteiger partial charge < -0.3 is 20.1 Å². The maximum absolute atomic E-state index is 12.6. The number of carboxylic acids is 1. The molecule has 2 aliphatic rings. The number of nitrogens with zero attached hydrogens (tertiary/aromatic N) is 1. The van der Waals surface area contributed by atoms with Crippen LogP contribution in [0.25, 0.3) is 0 Å². The molecule has 1 aliphatic carbocycles. The van der Waals surface area contributed by atoms with Crippen molar-refractivity contribution < 1.29 is 19.4 Å². The Morgan fingerprint density at radius 2 is 2.00 bits per heavy atom. The quantitative estimate of drug-likeness (QED) is 0.804. The van der Waals surface area contributed by atoms with E-state index in [0.29, 0.717) is 32.5 Å². The van der Waals surface area contributed by atoms with Crippen molar-refractivity contribution >= 4 is 27.9 Å². The molecule has 0 saturated heterocycles. The van der Waals surface area contributed by atoms with E-state index in [4.69, 9.17) is 9.84 Å². The van der Waals surface area contributed by atoms with Crippen LogP contribution in [0.2, 0.25) is 0 Å². The van der Waals surface area contributed by atoms with Crippen molar-refractivity contribution in [3.63, 3.8) is 0 Å². The number of carbonyl (C=O) groups is 2. The molecule has 7 heteroatoms. The molecule has 0 spiro atoms. The van der Waals surface area contributed by atoms with Crippen LogP contribution in [0.5, 0.6) is 5.75 Å². The molecular formula is C17H21BrN2O4. The van der Waals surface area contributed by atoms with E-state index in [9.17, 15) is 9.59 Å². The number of rotatable bonds is 2. The second-order valence-electron chi connectivity index (χ2n) is 6.36. The second kappa shape index (κ2) is 7.42. The molecule has 0 unspecified atom stereocenters. The highest BCUT2D eigenvalue weighted by Gasteiger charge is 2.28. The fourth-order valence-corrected chi connectivity index (χ4v) is 3.70. The number of halogens is 1. The predicted molar refractivity (Wildman–Crippen MR) is 92.0 cm³/mol. The average molecular weight is 397 g/mol. The van der Waals surface area contributed by atoms with Gasteiger partial charge in [-0.25, -0.2) is 4.79 Å². The highest BCUT2D eigenvalue weighted by atomic mass is 79.9. The van der Waals surface area contributed by atoms with Crippen LogP contribution in [-0.2, 0) is 11.3 Å². The van der Waals surface area contributed by atoms with Crippen molar-refractivity contribution in [2.45, 2.75) is 38.3 Å². The standard InChI is InChI=1S/C17H21BrN2O4/c18-13-3-6-15-12(9-13)10-20(7-8-24-15)17(23)19-14-4-1-11(2-5-14)16(21)22/h3,6,9,11,14H,1-2,4-5,7-8,10H2,(H,19,23)(H,21,22). The first-order valence-electron chi connectivity index (χ1n) is 8.22. The van der Waals surface area contributed by atoms with Gasteiger partial charge in [-0.3, -0.25) is 4.79 Å². The van der Waals surface area contributed by atoms with Gasteiger partial charge in [0.1, 0.15) is 12.4 Å². The summed E-state index contributed by atoms with van der Waals surface area (Å²) < 4.78 is 6.66. The maximum Gasteiger partial charge on any atom is 0.318 e. The molecular weight excluding hydrogens is 376 g/mol. The van der Waals surface area contributed by atoms with Crippen LogP contribution in [-0.4, -0.2) is 41.2 Å². The highest BCUT2D eigenvalue weighted by Crippen LogP contribution is 2.27. The van der Waals surface area contributed by atoms with Gasteiger partial charge in [0, 0.05) is 16.1 Å². The summed E-state index contributed by atoms with van der Waals surface area (Å²) >= 11 is 3.45. The fraction of sp³-hybridized carbons (Fsp3) is 0.529. The van der Waals surface area contributed by atoms with E-state index in [1.165, 1.54) is 0 Å².